The zero-order chi connectivity index (χ0) is 13.1. The van der Waals surface area contributed by atoms with Gasteiger partial charge in [-0.2, -0.15) is 0 Å². The van der Waals surface area contributed by atoms with E-state index in [2.05, 4.69) is 15.9 Å². The van der Waals surface area contributed by atoms with Gasteiger partial charge in [-0.3, -0.25) is 0 Å². The number of nitrogens with one attached hydrogen (secondary N) is 1. The second kappa shape index (κ2) is 6.76. The minimum Gasteiger partial charge on any atom is -0.325 e. The van der Waals surface area contributed by atoms with E-state index < -0.39 is 29.0 Å². The van der Waals surface area contributed by atoms with Gasteiger partial charge in [0.15, 0.2) is 0 Å². The molecule has 3 N–H and O–H groups in total. The number of sulfonamides is 1. The third kappa shape index (κ3) is 5.15. The van der Waals surface area contributed by atoms with Gasteiger partial charge in [-0.05, 0) is 18.2 Å². The first kappa shape index (κ1) is 17.7. The highest BCUT2D eigenvalue weighted by Crippen LogP contribution is 2.17. The van der Waals surface area contributed by atoms with Crippen molar-refractivity contribution in [1.82, 2.24) is 4.72 Å². The van der Waals surface area contributed by atoms with E-state index in [1.165, 1.54) is 18.2 Å². The lowest BCUT2D eigenvalue weighted by molar-refractivity contribution is 0.0170. The van der Waals surface area contributed by atoms with Crippen LogP contribution in [0.2, 0.25) is 0 Å². The second-order valence-electron chi connectivity index (χ2n) is 3.34. The van der Waals surface area contributed by atoms with Crippen molar-refractivity contribution in [3.05, 3.63) is 28.7 Å². The van der Waals surface area contributed by atoms with Gasteiger partial charge in [-0.1, -0.05) is 22.0 Å². The normalized spacial score (nSPS) is 12.0. The molecule has 104 valence electrons. The maximum atomic E-state index is 12.8. The summed E-state index contributed by atoms with van der Waals surface area (Å²) in [5.41, 5.74) is 4.81. The topological polar surface area (TPSA) is 72.2 Å². The summed E-state index contributed by atoms with van der Waals surface area (Å²) >= 11 is 3.10. The highest BCUT2D eigenvalue weighted by molar-refractivity contribution is 9.10. The highest BCUT2D eigenvalue weighted by atomic mass is 79.9. The number of hydrogen-bond donors (Lipinski definition) is 2. The van der Waals surface area contributed by atoms with Gasteiger partial charge < -0.3 is 5.73 Å². The van der Waals surface area contributed by atoms with Crippen LogP contribution < -0.4 is 10.5 Å². The minimum absolute atomic E-state index is 0. The smallest absolute Gasteiger partial charge is 0.273 e. The predicted octanol–water partition coefficient (Wildman–Crippen LogP) is 1.74. The lowest BCUT2D eigenvalue weighted by atomic mass is 10.3. The molecule has 0 aromatic heterocycles. The van der Waals surface area contributed by atoms with Gasteiger partial charge in [0.25, 0.3) is 5.92 Å². The fraction of sp³-hybridized carbons (Fsp3) is 0.333. The van der Waals surface area contributed by atoms with E-state index in [-0.39, 0.29) is 17.3 Å². The number of nitrogens with two attached hydrogens (primary N) is 1. The molecule has 0 bridgehead atoms. The first-order valence-electron chi connectivity index (χ1n) is 4.60. The van der Waals surface area contributed by atoms with Crippen LogP contribution in [0.25, 0.3) is 0 Å². The van der Waals surface area contributed by atoms with Crippen molar-refractivity contribution in [2.75, 3.05) is 13.1 Å². The SMILES string of the molecule is Cl.NCC(F)(F)CNS(=O)(=O)c1cccc(Br)c1. The van der Waals surface area contributed by atoms with Gasteiger partial charge in [0.05, 0.1) is 18.0 Å². The number of benzene rings is 1. The Hall–Kier alpha value is -0.280. The largest absolute Gasteiger partial charge is 0.325 e. The molecule has 0 aliphatic carbocycles. The summed E-state index contributed by atoms with van der Waals surface area (Å²) in [6.07, 6.45) is 0. The lowest BCUT2D eigenvalue weighted by Crippen LogP contribution is -2.41. The van der Waals surface area contributed by atoms with Gasteiger partial charge in [0.1, 0.15) is 0 Å². The van der Waals surface area contributed by atoms with Gasteiger partial charge >= 0.3 is 0 Å². The van der Waals surface area contributed by atoms with E-state index in [0.717, 1.165) is 0 Å². The fourth-order valence-electron chi connectivity index (χ4n) is 0.990. The lowest BCUT2D eigenvalue weighted by Gasteiger charge is -2.14. The Morgan fingerprint density at radius 2 is 2.00 bits per heavy atom. The van der Waals surface area contributed by atoms with E-state index in [9.17, 15) is 17.2 Å². The van der Waals surface area contributed by atoms with E-state index in [4.69, 9.17) is 5.73 Å². The Morgan fingerprint density at radius 3 is 2.50 bits per heavy atom. The summed E-state index contributed by atoms with van der Waals surface area (Å²) in [7, 11) is -3.94. The molecule has 0 unspecified atom stereocenters. The van der Waals surface area contributed by atoms with Crippen LogP contribution in [0.15, 0.2) is 33.6 Å². The molecule has 0 saturated carbocycles. The number of alkyl halides is 2. The van der Waals surface area contributed by atoms with Gasteiger partial charge in [0.2, 0.25) is 10.0 Å². The van der Waals surface area contributed by atoms with Crippen LogP contribution in [0.3, 0.4) is 0 Å². The summed E-state index contributed by atoms with van der Waals surface area (Å²) < 4.78 is 51.3. The van der Waals surface area contributed by atoms with Crippen molar-refractivity contribution in [3.8, 4) is 0 Å². The molecule has 1 rings (SSSR count). The Bertz CT molecular complexity index is 499. The van der Waals surface area contributed by atoms with Crippen LogP contribution in [0, 0.1) is 0 Å². The maximum absolute atomic E-state index is 12.8. The summed E-state index contributed by atoms with van der Waals surface area (Å²) in [6.45, 7) is -1.92. The van der Waals surface area contributed by atoms with Crippen molar-refractivity contribution >= 4 is 38.4 Å². The Morgan fingerprint density at radius 1 is 1.39 bits per heavy atom. The zero-order valence-corrected chi connectivity index (χ0v) is 12.3. The van der Waals surface area contributed by atoms with Crippen LogP contribution in [0.1, 0.15) is 0 Å². The van der Waals surface area contributed by atoms with Gasteiger partial charge in [-0.15, -0.1) is 12.4 Å². The Kier molecular flexibility index (Phi) is 6.66. The fourth-order valence-corrected chi connectivity index (χ4v) is 2.65. The molecule has 9 heteroatoms. The summed E-state index contributed by atoms with van der Waals surface area (Å²) in [6, 6.07) is 5.77. The van der Waals surface area contributed by atoms with Crippen molar-refractivity contribution in [3.63, 3.8) is 0 Å². The molecule has 4 nitrogen and oxygen atoms in total. The first-order chi connectivity index (χ1) is 7.77. The third-order valence-electron chi connectivity index (χ3n) is 1.93. The molecule has 18 heavy (non-hydrogen) atoms. The Labute approximate surface area is 119 Å². The summed E-state index contributed by atoms with van der Waals surface area (Å²) in [4.78, 5) is -0.0836. The van der Waals surface area contributed by atoms with Crippen molar-refractivity contribution in [1.29, 1.82) is 0 Å². The minimum atomic E-state index is -3.94. The van der Waals surface area contributed by atoms with Crippen LogP contribution in [-0.4, -0.2) is 27.4 Å². The molecule has 0 radical (unpaired) electrons. The zero-order valence-electron chi connectivity index (χ0n) is 9.07. The standard InChI is InChI=1S/C9H11BrF2N2O2S.ClH/c10-7-2-1-3-8(4-7)17(15,16)14-6-9(11,12)5-13;/h1-4,14H,5-6,13H2;1H. The van der Waals surface area contributed by atoms with Gasteiger partial charge in [0, 0.05) is 4.47 Å². The van der Waals surface area contributed by atoms with Crippen molar-refractivity contribution in [2.24, 2.45) is 5.73 Å². The first-order valence-corrected chi connectivity index (χ1v) is 6.87. The van der Waals surface area contributed by atoms with Gasteiger partial charge in [-0.25, -0.2) is 21.9 Å². The molecule has 0 atom stereocenters. The van der Waals surface area contributed by atoms with Crippen molar-refractivity contribution < 1.29 is 17.2 Å². The van der Waals surface area contributed by atoms with Crippen LogP contribution >= 0.6 is 28.3 Å². The van der Waals surface area contributed by atoms with Crippen LogP contribution in [0.4, 0.5) is 8.78 Å². The van der Waals surface area contributed by atoms with Crippen LogP contribution in [0.5, 0.6) is 0 Å². The molecule has 0 spiro atoms. The molecule has 1 aromatic rings. The monoisotopic (exact) mass is 364 g/mol. The van der Waals surface area contributed by atoms with E-state index in [1.807, 2.05) is 4.72 Å². The molecular formula is C9H12BrClF2N2O2S. The number of hydrogen-bond acceptors (Lipinski definition) is 3. The molecule has 0 aliphatic rings. The highest BCUT2D eigenvalue weighted by Gasteiger charge is 2.29. The number of halogens is 4. The predicted molar refractivity (Wildman–Crippen MR) is 70.6 cm³/mol. The molecule has 0 heterocycles. The summed E-state index contributed by atoms with van der Waals surface area (Å²) in [5, 5.41) is 0. The van der Waals surface area contributed by atoms with E-state index in [0.29, 0.717) is 4.47 Å². The molecule has 0 fully saturated rings. The maximum Gasteiger partial charge on any atom is 0.273 e. The average Bonchev–Trinajstić information content (AvgIpc) is 2.27. The molecule has 1 aromatic carbocycles. The van der Waals surface area contributed by atoms with E-state index in [1.54, 1.807) is 6.07 Å². The molecule has 0 saturated heterocycles. The molecule has 0 aliphatic heterocycles. The summed E-state index contributed by atoms with van der Waals surface area (Å²) in [5.74, 6) is -3.25. The van der Waals surface area contributed by atoms with E-state index >= 15 is 0 Å². The number of rotatable bonds is 5. The molecule has 0 amide bonds. The quantitative estimate of drug-likeness (QED) is 0.835. The van der Waals surface area contributed by atoms with Crippen molar-refractivity contribution in [2.45, 2.75) is 10.8 Å². The molecular weight excluding hydrogens is 354 g/mol. The third-order valence-corrected chi connectivity index (χ3v) is 3.82. The average molecular weight is 366 g/mol. The second-order valence-corrected chi connectivity index (χ2v) is 6.02. The Balaban J connectivity index is 0.00000289. The van der Waals surface area contributed by atoms with Crippen LogP contribution in [-0.2, 0) is 10.0 Å².